The standard InChI is InChI=1S/C10H21N3O3/c1-10(2,3)13-8(14)5-12-9(15)7(11)6-16-4/h7H,5-6,11H2,1-4H3,(H,12,15)(H,13,14). The monoisotopic (exact) mass is 231 g/mol. The fourth-order valence-electron chi connectivity index (χ4n) is 1.02. The predicted molar refractivity (Wildman–Crippen MR) is 60.8 cm³/mol. The van der Waals surface area contributed by atoms with Gasteiger partial charge in [-0.25, -0.2) is 0 Å². The van der Waals surface area contributed by atoms with Gasteiger partial charge in [0.15, 0.2) is 0 Å². The number of ether oxygens (including phenoxy) is 1. The smallest absolute Gasteiger partial charge is 0.239 e. The maximum Gasteiger partial charge on any atom is 0.239 e. The summed E-state index contributed by atoms with van der Waals surface area (Å²) in [7, 11) is 1.46. The minimum absolute atomic E-state index is 0.0759. The molecule has 0 aromatic rings. The summed E-state index contributed by atoms with van der Waals surface area (Å²) in [5, 5.41) is 5.15. The van der Waals surface area contributed by atoms with Crippen molar-refractivity contribution in [3.05, 3.63) is 0 Å². The molecule has 0 saturated heterocycles. The molecule has 4 N–H and O–H groups in total. The van der Waals surface area contributed by atoms with E-state index in [1.165, 1.54) is 7.11 Å². The highest BCUT2D eigenvalue weighted by Crippen LogP contribution is 1.97. The first-order valence-corrected chi connectivity index (χ1v) is 5.09. The first kappa shape index (κ1) is 14.9. The molecule has 0 rings (SSSR count). The second kappa shape index (κ2) is 6.44. The molecule has 0 heterocycles. The van der Waals surface area contributed by atoms with Gasteiger partial charge < -0.3 is 21.1 Å². The van der Waals surface area contributed by atoms with Crippen molar-refractivity contribution in [3.8, 4) is 0 Å². The number of rotatable bonds is 5. The third kappa shape index (κ3) is 7.19. The van der Waals surface area contributed by atoms with Gasteiger partial charge >= 0.3 is 0 Å². The van der Waals surface area contributed by atoms with Gasteiger partial charge in [0, 0.05) is 12.6 Å². The second-order valence-corrected chi connectivity index (χ2v) is 4.58. The predicted octanol–water partition coefficient (Wildman–Crippen LogP) is -1.01. The van der Waals surface area contributed by atoms with Gasteiger partial charge in [0.25, 0.3) is 0 Å². The van der Waals surface area contributed by atoms with Crippen LogP contribution in [0.5, 0.6) is 0 Å². The highest BCUT2D eigenvalue weighted by molar-refractivity contribution is 5.87. The van der Waals surface area contributed by atoms with Crippen molar-refractivity contribution in [1.29, 1.82) is 0 Å². The summed E-state index contributed by atoms with van der Waals surface area (Å²) in [6.07, 6.45) is 0. The average molecular weight is 231 g/mol. The number of carbonyl (C=O) groups is 2. The Labute approximate surface area is 95.9 Å². The molecule has 16 heavy (non-hydrogen) atoms. The van der Waals surface area contributed by atoms with Gasteiger partial charge in [-0.3, -0.25) is 9.59 Å². The summed E-state index contributed by atoms with van der Waals surface area (Å²) < 4.78 is 4.73. The Morgan fingerprint density at radius 3 is 2.38 bits per heavy atom. The zero-order valence-electron chi connectivity index (χ0n) is 10.3. The normalized spacial score (nSPS) is 13.1. The van der Waals surface area contributed by atoms with Crippen LogP contribution in [0.3, 0.4) is 0 Å². The highest BCUT2D eigenvalue weighted by atomic mass is 16.5. The summed E-state index contributed by atoms with van der Waals surface area (Å²) >= 11 is 0. The zero-order valence-corrected chi connectivity index (χ0v) is 10.3. The van der Waals surface area contributed by atoms with Crippen molar-refractivity contribution >= 4 is 11.8 Å². The molecule has 1 atom stereocenters. The third-order valence-corrected chi connectivity index (χ3v) is 1.62. The molecule has 6 heteroatoms. The molecule has 0 aromatic carbocycles. The van der Waals surface area contributed by atoms with Crippen molar-refractivity contribution in [1.82, 2.24) is 10.6 Å². The number of methoxy groups -OCH3 is 1. The Morgan fingerprint density at radius 1 is 1.38 bits per heavy atom. The lowest BCUT2D eigenvalue weighted by molar-refractivity contribution is -0.128. The quantitative estimate of drug-likeness (QED) is 0.565. The van der Waals surface area contributed by atoms with Crippen LogP contribution in [0.25, 0.3) is 0 Å². The molecular formula is C10H21N3O3. The molecular weight excluding hydrogens is 210 g/mol. The Balaban J connectivity index is 3.88. The topological polar surface area (TPSA) is 93.4 Å². The first-order valence-electron chi connectivity index (χ1n) is 5.09. The van der Waals surface area contributed by atoms with E-state index in [1.54, 1.807) is 0 Å². The number of carbonyl (C=O) groups excluding carboxylic acids is 2. The average Bonchev–Trinajstić information content (AvgIpc) is 2.11. The Kier molecular flexibility index (Phi) is 5.98. The molecule has 0 aliphatic carbocycles. The number of amides is 2. The van der Waals surface area contributed by atoms with E-state index in [9.17, 15) is 9.59 Å². The SMILES string of the molecule is COCC(N)C(=O)NCC(=O)NC(C)(C)C. The van der Waals surface area contributed by atoms with Gasteiger partial charge in [0.1, 0.15) is 6.04 Å². The Hall–Kier alpha value is -1.14. The molecule has 0 aliphatic rings. The van der Waals surface area contributed by atoms with Crippen molar-refractivity contribution < 1.29 is 14.3 Å². The van der Waals surface area contributed by atoms with E-state index in [0.29, 0.717) is 0 Å². The molecule has 0 fully saturated rings. The highest BCUT2D eigenvalue weighted by Gasteiger charge is 2.16. The minimum atomic E-state index is -0.743. The molecule has 2 amide bonds. The van der Waals surface area contributed by atoms with Crippen molar-refractivity contribution in [3.63, 3.8) is 0 Å². The molecule has 0 spiro atoms. The second-order valence-electron chi connectivity index (χ2n) is 4.58. The summed E-state index contributed by atoms with van der Waals surface area (Å²) in [6, 6.07) is -0.743. The van der Waals surface area contributed by atoms with Crippen LogP contribution in [-0.2, 0) is 14.3 Å². The lowest BCUT2D eigenvalue weighted by atomic mass is 10.1. The summed E-state index contributed by atoms with van der Waals surface area (Å²) in [5.41, 5.74) is 5.16. The van der Waals surface area contributed by atoms with Crippen LogP contribution in [0.15, 0.2) is 0 Å². The van der Waals surface area contributed by atoms with E-state index < -0.39 is 11.9 Å². The fourth-order valence-corrected chi connectivity index (χ4v) is 1.02. The van der Waals surface area contributed by atoms with Crippen LogP contribution in [0, 0.1) is 0 Å². The lowest BCUT2D eigenvalue weighted by Gasteiger charge is -2.20. The van der Waals surface area contributed by atoms with E-state index >= 15 is 0 Å². The molecule has 1 unspecified atom stereocenters. The van der Waals surface area contributed by atoms with Crippen molar-refractivity contribution in [2.24, 2.45) is 5.73 Å². The number of nitrogens with one attached hydrogen (secondary N) is 2. The maximum atomic E-state index is 11.3. The van der Waals surface area contributed by atoms with E-state index in [2.05, 4.69) is 10.6 Å². The molecule has 0 radical (unpaired) electrons. The van der Waals surface area contributed by atoms with Gasteiger partial charge in [-0.2, -0.15) is 0 Å². The Morgan fingerprint density at radius 2 is 1.94 bits per heavy atom. The van der Waals surface area contributed by atoms with Crippen LogP contribution in [0.2, 0.25) is 0 Å². The first-order chi connectivity index (χ1) is 7.26. The van der Waals surface area contributed by atoms with Gasteiger partial charge in [-0.15, -0.1) is 0 Å². The van der Waals surface area contributed by atoms with Crippen LogP contribution >= 0.6 is 0 Å². The molecule has 0 aromatic heterocycles. The van der Waals surface area contributed by atoms with E-state index in [0.717, 1.165) is 0 Å². The van der Waals surface area contributed by atoms with Crippen LogP contribution in [0.1, 0.15) is 20.8 Å². The largest absolute Gasteiger partial charge is 0.383 e. The molecule has 0 bridgehead atoms. The molecule has 0 saturated carbocycles. The number of hydrogen-bond donors (Lipinski definition) is 3. The maximum absolute atomic E-state index is 11.3. The fraction of sp³-hybridized carbons (Fsp3) is 0.800. The Bertz CT molecular complexity index is 248. The van der Waals surface area contributed by atoms with Crippen LogP contribution in [-0.4, -0.2) is 43.7 Å². The van der Waals surface area contributed by atoms with Crippen molar-refractivity contribution in [2.75, 3.05) is 20.3 Å². The van der Waals surface area contributed by atoms with Gasteiger partial charge in [-0.05, 0) is 20.8 Å². The van der Waals surface area contributed by atoms with E-state index in [1.807, 2.05) is 20.8 Å². The molecule has 0 aliphatic heterocycles. The van der Waals surface area contributed by atoms with E-state index in [-0.39, 0.29) is 24.6 Å². The molecule has 94 valence electrons. The van der Waals surface area contributed by atoms with Crippen LogP contribution < -0.4 is 16.4 Å². The number of hydrogen-bond acceptors (Lipinski definition) is 4. The van der Waals surface area contributed by atoms with E-state index in [4.69, 9.17) is 10.5 Å². The third-order valence-electron chi connectivity index (χ3n) is 1.62. The van der Waals surface area contributed by atoms with Crippen molar-refractivity contribution in [2.45, 2.75) is 32.4 Å². The molecule has 6 nitrogen and oxygen atoms in total. The zero-order chi connectivity index (χ0) is 12.8. The van der Waals surface area contributed by atoms with Gasteiger partial charge in [-0.1, -0.05) is 0 Å². The summed E-state index contributed by atoms with van der Waals surface area (Å²) in [6.45, 7) is 5.65. The van der Waals surface area contributed by atoms with Crippen LogP contribution in [0.4, 0.5) is 0 Å². The lowest BCUT2D eigenvalue weighted by Crippen LogP contribution is -2.49. The number of nitrogens with two attached hydrogens (primary N) is 1. The minimum Gasteiger partial charge on any atom is -0.383 e. The summed E-state index contributed by atoms with van der Waals surface area (Å²) in [5.74, 6) is -0.642. The summed E-state index contributed by atoms with van der Waals surface area (Å²) in [4.78, 5) is 22.7. The van der Waals surface area contributed by atoms with Gasteiger partial charge in [0.2, 0.25) is 11.8 Å². The van der Waals surface area contributed by atoms with Gasteiger partial charge in [0.05, 0.1) is 13.2 Å².